The third-order valence-electron chi connectivity index (χ3n) is 4.38. The molecule has 4 heteroatoms. The molecule has 2 heterocycles. The lowest BCUT2D eigenvalue weighted by atomic mass is 9.90. The summed E-state index contributed by atoms with van der Waals surface area (Å²) < 4.78 is 0. The zero-order valence-electron chi connectivity index (χ0n) is 12.3. The molecular formula is C17H23N3S. The highest BCUT2D eigenvalue weighted by molar-refractivity contribution is 7.09. The third kappa shape index (κ3) is 3.51. The lowest BCUT2D eigenvalue weighted by Gasteiger charge is -2.39. The van der Waals surface area contributed by atoms with Crippen molar-refractivity contribution in [3.8, 4) is 0 Å². The van der Waals surface area contributed by atoms with Crippen molar-refractivity contribution in [3.05, 3.63) is 52.5 Å². The minimum absolute atomic E-state index is 0.369. The fourth-order valence-electron chi connectivity index (χ4n) is 3.33. The van der Waals surface area contributed by atoms with Gasteiger partial charge in [0, 0.05) is 36.6 Å². The van der Waals surface area contributed by atoms with E-state index in [1.54, 1.807) is 11.3 Å². The number of hydrogen-bond acceptors (Lipinski definition) is 4. The van der Waals surface area contributed by atoms with Crippen LogP contribution in [-0.4, -0.2) is 29.0 Å². The van der Waals surface area contributed by atoms with Gasteiger partial charge in [0.25, 0.3) is 0 Å². The molecule has 2 atom stereocenters. The molecule has 1 saturated heterocycles. The molecule has 1 aromatic carbocycles. The molecule has 1 aliphatic rings. The normalized spacial score (nSPS) is 21.3. The highest BCUT2D eigenvalue weighted by Gasteiger charge is 2.31. The Morgan fingerprint density at radius 3 is 2.86 bits per heavy atom. The van der Waals surface area contributed by atoms with E-state index in [9.17, 15) is 0 Å². The van der Waals surface area contributed by atoms with Crippen LogP contribution in [0.15, 0.2) is 41.9 Å². The topological polar surface area (TPSA) is 42.1 Å². The number of piperidine rings is 1. The number of nitrogens with two attached hydrogens (primary N) is 1. The smallest absolute Gasteiger partial charge is 0.0984 e. The molecular weight excluding hydrogens is 278 g/mol. The second-order valence-electron chi connectivity index (χ2n) is 5.73. The van der Waals surface area contributed by atoms with Crippen molar-refractivity contribution >= 4 is 11.3 Å². The van der Waals surface area contributed by atoms with Gasteiger partial charge >= 0.3 is 0 Å². The number of benzene rings is 1. The Hall–Kier alpha value is -1.23. The van der Waals surface area contributed by atoms with Crippen molar-refractivity contribution in [1.82, 2.24) is 9.88 Å². The molecule has 2 unspecified atom stereocenters. The monoisotopic (exact) mass is 301 g/mol. The molecule has 1 fully saturated rings. The minimum atomic E-state index is 0.369. The average Bonchev–Trinajstić information content (AvgIpc) is 3.05. The summed E-state index contributed by atoms with van der Waals surface area (Å²) in [4.78, 5) is 7.12. The Morgan fingerprint density at radius 1 is 1.29 bits per heavy atom. The second kappa shape index (κ2) is 7.16. The standard InChI is InChI=1S/C17H23N3S/c18-12-15(17-19-9-11-21-17)16-8-4-5-10-20(16)13-14-6-2-1-3-7-14/h1-3,6-7,9,11,15-16H,4-5,8,10,12-13,18H2. The number of nitrogens with zero attached hydrogens (tertiary/aromatic N) is 2. The van der Waals surface area contributed by atoms with Gasteiger partial charge in [-0.1, -0.05) is 36.8 Å². The highest BCUT2D eigenvalue weighted by Crippen LogP contribution is 2.31. The molecule has 112 valence electrons. The summed E-state index contributed by atoms with van der Waals surface area (Å²) in [7, 11) is 0. The van der Waals surface area contributed by atoms with Gasteiger partial charge in [-0.15, -0.1) is 11.3 Å². The van der Waals surface area contributed by atoms with Gasteiger partial charge in [-0.05, 0) is 24.9 Å². The average molecular weight is 301 g/mol. The Labute approximate surface area is 130 Å². The van der Waals surface area contributed by atoms with Gasteiger partial charge in [0.2, 0.25) is 0 Å². The Kier molecular flexibility index (Phi) is 5.01. The summed E-state index contributed by atoms with van der Waals surface area (Å²) in [6.07, 6.45) is 5.72. The first-order valence-corrected chi connectivity index (χ1v) is 8.64. The zero-order valence-corrected chi connectivity index (χ0v) is 13.1. The third-order valence-corrected chi connectivity index (χ3v) is 5.29. The Balaban J connectivity index is 1.77. The first-order chi connectivity index (χ1) is 10.4. The summed E-state index contributed by atoms with van der Waals surface area (Å²) in [6, 6.07) is 11.3. The molecule has 0 aliphatic carbocycles. The van der Waals surface area contributed by atoms with Crippen molar-refractivity contribution in [2.45, 2.75) is 37.8 Å². The Bertz CT molecular complexity index is 526. The molecule has 0 saturated carbocycles. The maximum Gasteiger partial charge on any atom is 0.0984 e. The van der Waals surface area contributed by atoms with Gasteiger partial charge in [-0.3, -0.25) is 4.90 Å². The summed E-state index contributed by atoms with van der Waals surface area (Å²) >= 11 is 1.74. The molecule has 1 aliphatic heterocycles. The molecule has 0 radical (unpaired) electrons. The quantitative estimate of drug-likeness (QED) is 0.922. The summed E-state index contributed by atoms with van der Waals surface area (Å²) in [5.41, 5.74) is 7.48. The number of hydrogen-bond donors (Lipinski definition) is 1. The van der Waals surface area contributed by atoms with E-state index in [0.717, 1.165) is 6.54 Å². The fourth-order valence-corrected chi connectivity index (χ4v) is 4.14. The Morgan fingerprint density at radius 2 is 2.14 bits per heavy atom. The molecule has 0 spiro atoms. The van der Waals surface area contributed by atoms with E-state index in [-0.39, 0.29) is 0 Å². The van der Waals surface area contributed by atoms with Gasteiger partial charge in [0.15, 0.2) is 0 Å². The van der Waals surface area contributed by atoms with Crippen LogP contribution in [0.2, 0.25) is 0 Å². The van der Waals surface area contributed by atoms with E-state index >= 15 is 0 Å². The van der Waals surface area contributed by atoms with Crippen molar-refractivity contribution in [3.63, 3.8) is 0 Å². The molecule has 21 heavy (non-hydrogen) atoms. The van der Waals surface area contributed by atoms with Crippen LogP contribution >= 0.6 is 11.3 Å². The predicted octanol–water partition coefficient (Wildman–Crippen LogP) is 3.24. The minimum Gasteiger partial charge on any atom is -0.330 e. The van der Waals surface area contributed by atoms with Gasteiger partial charge in [-0.25, -0.2) is 4.98 Å². The number of thiazole rings is 1. The van der Waals surface area contributed by atoms with Crippen LogP contribution in [0.3, 0.4) is 0 Å². The highest BCUT2D eigenvalue weighted by atomic mass is 32.1. The lowest BCUT2D eigenvalue weighted by Crippen LogP contribution is -2.44. The summed E-state index contributed by atoms with van der Waals surface area (Å²) in [5.74, 6) is 0.369. The van der Waals surface area contributed by atoms with E-state index < -0.39 is 0 Å². The SMILES string of the molecule is NCC(c1nccs1)C1CCCCN1Cc1ccccc1. The maximum absolute atomic E-state index is 6.09. The molecule has 1 aromatic heterocycles. The number of rotatable bonds is 5. The van der Waals surface area contributed by atoms with Crippen LogP contribution in [0.5, 0.6) is 0 Å². The van der Waals surface area contributed by atoms with Crippen LogP contribution in [-0.2, 0) is 6.54 Å². The first kappa shape index (κ1) is 14.7. The molecule has 3 rings (SSSR count). The van der Waals surface area contributed by atoms with Crippen LogP contribution in [0.4, 0.5) is 0 Å². The lowest BCUT2D eigenvalue weighted by molar-refractivity contribution is 0.119. The van der Waals surface area contributed by atoms with Crippen molar-refractivity contribution in [2.75, 3.05) is 13.1 Å². The van der Waals surface area contributed by atoms with Crippen molar-refractivity contribution < 1.29 is 0 Å². The number of aromatic nitrogens is 1. The van der Waals surface area contributed by atoms with E-state index in [1.165, 1.54) is 36.4 Å². The molecule has 0 bridgehead atoms. The van der Waals surface area contributed by atoms with Gasteiger partial charge in [-0.2, -0.15) is 0 Å². The van der Waals surface area contributed by atoms with Crippen LogP contribution in [0.25, 0.3) is 0 Å². The maximum atomic E-state index is 6.09. The molecule has 2 aromatic rings. The van der Waals surface area contributed by atoms with E-state index in [0.29, 0.717) is 18.5 Å². The largest absolute Gasteiger partial charge is 0.330 e. The van der Waals surface area contributed by atoms with Crippen LogP contribution in [0.1, 0.15) is 35.8 Å². The van der Waals surface area contributed by atoms with E-state index in [4.69, 9.17) is 5.73 Å². The van der Waals surface area contributed by atoms with Gasteiger partial charge < -0.3 is 5.73 Å². The predicted molar refractivity (Wildman–Crippen MR) is 88.4 cm³/mol. The van der Waals surface area contributed by atoms with Crippen LogP contribution < -0.4 is 5.73 Å². The van der Waals surface area contributed by atoms with Crippen LogP contribution in [0, 0.1) is 0 Å². The van der Waals surface area contributed by atoms with Gasteiger partial charge in [0.05, 0.1) is 5.01 Å². The molecule has 0 amide bonds. The summed E-state index contributed by atoms with van der Waals surface area (Å²) in [6.45, 7) is 2.87. The summed E-state index contributed by atoms with van der Waals surface area (Å²) in [5, 5.41) is 3.25. The first-order valence-electron chi connectivity index (χ1n) is 7.76. The second-order valence-corrected chi connectivity index (χ2v) is 6.66. The van der Waals surface area contributed by atoms with Gasteiger partial charge in [0.1, 0.15) is 0 Å². The van der Waals surface area contributed by atoms with Crippen molar-refractivity contribution in [1.29, 1.82) is 0 Å². The van der Waals surface area contributed by atoms with E-state index in [2.05, 4.69) is 45.6 Å². The molecule has 3 nitrogen and oxygen atoms in total. The zero-order chi connectivity index (χ0) is 14.5. The fraction of sp³-hybridized carbons (Fsp3) is 0.471. The molecule has 2 N–H and O–H groups in total. The number of likely N-dealkylation sites (tertiary alicyclic amines) is 1. The van der Waals surface area contributed by atoms with Crippen molar-refractivity contribution in [2.24, 2.45) is 5.73 Å². The van der Waals surface area contributed by atoms with E-state index in [1.807, 2.05) is 6.20 Å².